The molecule has 0 aliphatic carbocycles. The van der Waals surface area contributed by atoms with Crippen LogP contribution in [-0.2, 0) is 14.3 Å². The second-order valence-corrected chi connectivity index (χ2v) is 6.20. The summed E-state index contributed by atoms with van der Waals surface area (Å²) in [7, 11) is 0. The molecular formula is C17H20ClN3O3. The number of amides is 1. The van der Waals surface area contributed by atoms with Gasteiger partial charge in [0.2, 0.25) is 0 Å². The van der Waals surface area contributed by atoms with Crippen LogP contribution in [0.2, 0.25) is 5.02 Å². The van der Waals surface area contributed by atoms with Crippen molar-refractivity contribution in [1.82, 2.24) is 9.78 Å². The summed E-state index contributed by atoms with van der Waals surface area (Å²) in [6, 6.07) is 9.10. The quantitative estimate of drug-likeness (QED) is 0.870. The zero-order valence-corrected chi connectivity index (χ0v) is 14.3. The largest absolute Gasteiger partial charge is 0.376 e. The highest BCUT2D eigenvalue weighted by molar-refractivity contribution is 6.30. The Balaban J connectivity index is 1.61. The van der Waals surface area contributed by atoms with E-state index in [1.54, 1.807) is 22.9 Å². The third-order valence-electron chi connectivity index (χ3n) is 3.71. The number of nitrogens with one attached hydrogen (secondary N) is 1. The lowest BCUT2D eigenvalue weighted by Crippen LogP contribution is -2.23. The van der Waals surface area contributed by atoms with Crippen LogP contribution in [0.25, 0.3) is 5.69 Å². The molecule has 6 nitrogen and oxygen atoms in total. The predicted octanol–water partition coefficient (Wildman–Crippen LogP) is 2.97. The summed E-state index contributed by atoms with van der Waals surface area (Å²) in [5.41, 5.74) is 1.58. The van der Waals surface area contributed by atoms with Gasteiger partial charge in [0.15, 0.2) is 0 Å². The van der Waals surface area contributed by atoms with Crippen LogP contribution in [0.5, 0.6) is 0 Å². The molecule has 2 heterocycles. The Morgan fingerprint density at radius 3 is 3.12 bits per heavy atom. The Hall–Kier alpha value is -1.89. The van der Waals surface area contributed by atoms with Crippen molar-refractivity contribution in [2.75, 3.05) is 25.1 Å². The van der Waals surface area contributed by atoms with Gasteiger partial charge in [0.05, 0.1) is 24.1 Å². The lowest BCUT2D eigenvalue weighted by Gasteiger charge is -2.11. The number of ether oxygens (including phenoxy) is 2. The Labute approximate surface area is 145 Å². The van der Waals surface area contributed by atoms with E-state index in [1.165, 1.54) is 0 Å². The third-order valence-corrected chi connectivity index (χ3v) is 3.95. The third kappa shape index (κ3) is 4.35. The van der Waals surface area contributed by atoms with Crippen LogP contribution < -0.4 is 5.32 Å². The molecule has 0 unspecified atom stereocenters. The standard InChI is InChI=1S/C17H20ClN3O3/c1-12-8-16(21(20-12)14-5-2-4-13(18)9-14)19-17(22)11-23-10-15-6-3-7-24-15/h2,4-5,8-9,15H,3,6-7,10-11H2,1H3,(H,19,22)/t15-/m1/s1. The molecule has 3 rings (SSSR count). The van der Waals surface area contributed by atoms with Gasteiger partial charge in [-0.15, -0.1) is 0 Å². The average molecular weight is 350 g/mol. The molecule has 0 spiro atoms. The highest BCUT2D eigenvalue weighted by Gasteiger charge is 2.16. The Morgan fingerprint density at radius 1 is 1.50 bits per heavy atom. The summed E-state index contributed by atoms with van der Waals surface area (Å²) in [5.74, 6) is 0.358. The smallest absolute Gasteiger partial charge is 0.251 e. The average Bonchev–Trinajstić information content (AvgIpc) is 3.17. The summed E-state index contributed by atoms with van der Waals surface area (Å²) in [4.78, 5) is 12.1. The summed E-state index contributed by atoms with van der Waals surface area (Å²) < 4.78 is 12.5. The van der Waals surface area contributed by atoms with Gasteiger partial charge in [-0.25, -0.2) is 4.68 Å². The van der Waals surface area contributed by atoms with Gasteiger partial charge in [-0.2, -0.15) is 5.10 Å². The molecule has 2 aromatic rings. The zero-order chi connectivity index (χ0) is 16.9. The van der Waals surface area contributed by atoms with E-state index in [9.17, 15) is 4.79 Å². The molecule has 1 aromatic carbocycles. The molecule has 0 saturated carbocycles. The van der Waals surface area contributed by atoms with Crippen LogP contribution in [0.1, 0.15) is 18.5 Å². The van der Waals surface area contributed by atoms with Crippen LogP contribution in [0.4, 0.5) is 5.82 Å². The normalized spacial score (nSPS) is 17.2. The molecule has 128 valence electrons. The van der Waals surface area contributed by atoms with Gasteiger partial charge in [0, 0.05) is 17.7 Å². The van der Waals surface area contributed by atoms with E-state index in [2.05, 4.69) is 10.4 Å². The fourth-order valence-corrected chi connectivity index (χ4v) is 2.82. The van der Waals surface area contributed by atoms with Gasteiger partial charge < -0.3 is 14.8 Å². The molecule has 1 aromatic heterocycles. The van der Waals surface area contributed by atoms with Crippen LogP contribution in [0.3, 0.4) is 0 Å². The lowest BCUT2D eigenvalue weighted by molar-refractivity contribution is -0.121. The predicted molar refractivity (Wildman–Crippen MR) is 91.7 cm³/mol. The van der Waals surface area contributed by atoms with E-state index >= 15 is 0 Å². The number of hydrogen-bond acceptors (Lipinski definition) is 4. The Kier molecular flexibility index (Phi) is 5.50. The van der Waals surface area contributed by atoms with Gasteiger partial charge in [-0.05, 0) is 38.0 Å². The number of carbonyl (C=O) groups is 1. The van der Waals surface area contributed by atoms with Crippen molar-refractivity contribution in [1.29, 1.82) is 0 Å². The van der Waals surface area contributed by atoms with Crippen molar-refractivity contribution < 1.29 is 14.3 Å². The van der Waals surface area contributed by atoms with E-state index in [1.807, 2.05) is 19.1 Å². The van der Waals surface area contributed by atoms with E-state index in [4.69, 9.17) is 21.1 Å². The van der Waals surface area contributed by atoms with Crippen LogP contribution in [0, 0.1) is 6.92 Å². The number of benzene rings is 1. The molecular weight excluding hydrogens is 330 g/mol. The summed E-state index contributed by atoms with van der Waals surface area (Å²) in [6.45, 7) is 3.07. The number of halogens is 1. The van der Waals surface area contributed by atoms with E-state index in [0.29, 0.717) is 17.4 Å². The first-order chi connectivity index (χ1) is 11.6. The van der Waals surface area contributed by atoms with Crippen molar-refractivity contribution in [3.05, 3.63) is 41.0 Å². The Bertz CT molecular complexity index is 711. The molecule has 1 saturated heterocycles. The first-order valence-corrected chi connectivity index (χ1v) is 8.31. The number of nitrogens with zero attached hydrogens (tertiary/aromatic N) is 2. The SMILES string of the molecule is Cc1cc(NC(=O)COC[C@H]2CCCO2)n(-c2cccc(Cl)c2)n1. The summed E-state index contributed by atoms with van der Waals surface area (Å²) in [6.07, 6.45) is 2.15. The molecule has 1 aliphatic rings. The van der Waals surface area contributed by atoms with Gasteiger partial charge in [0.25, 0.3) is 5.91 Å². The topological polar surface area (TPSA) is 65.4 Å². The van der Waals surface area contributed by atoms with Gasteiger partial charge in [-0.1, -0.05) is 17.7 Å². The number of aromatic nitrogens is 2. The number of hydrogen-bond donors (Lipinski definition) is 1. The maximum absolute atomic E-state index is 12.1. The van der Waals surface area contributed by atoms with Crippen LogP contribution in [-0.4, -0.2) is 41.6 Å². The minimum Gasteiger partial charge on any atom is -0.376 e. The monoisotopic (exact) mass is 349 g/mol. The molecule has 7 heteroatoms. The molecule has 1 atom stereocenters. The number of aryl methyl sites for hydroxylation is 1. The minimum absolute atomic E-state index is 0.0143. The van der Waals surface area contributed by atoms with Crippen molar-refractivity contribution >= 4 is 23.3 Å². The molecule has 1 N–H and O–H groups in total. The first kappa shape index (κ1) is 17.0. The highest BCUT2D eigenvalue weighted by atomic mass is 35.5. The maximum Gasteiger partial charge on any atom is 0.251 e. The fourth-order valence-electron chi connectivity index (χ4n) is 2.63. The number of carbonyl (C=O) groups excluding carboxylic acids is 1. The second-order valence-electron chi connectivity index (χ2n) is 5.76. The molecule has 0 radical (unpaired) electrons. The fraction of sp³-hybridized carbons (Fsp3) is 0.412. The van der Waals surface area contributed by atoms with Gasteiger partial charge in [-0.3, -0.25) is 4.79 Å². The van der Waals surface area contributed by atoms with Crippen molar-refractivity contribution in [2.24, 2.45) is 0 Å². The van der Waals surface area contributed by atoms with E-state index < -0.39 is 0 Å². The van der Waals surface area contributed by atoms with Crippen LogP contribution in [0.15, 0.2) is 30.3 Å². The summed E-state index contributed by atoms with van der Waals surface area (Å²) >= 11 is 6.03. The van der Waals surface area contributed by atoms with E-state index in [0.717, 1.165) is 30.8 Å². The maximum atomic E-state index is 12.1. The van der Waals surface area contributed by atoms with Crippen molar-refractivity contribution in [3.8, 4) is 5.69 Å². The second kappa shape index (κ2) is 7.79. The first-order valence-electron chi connectivity index (χ1n) is 7.93. The molecule has 0 bridgehead atoms. The van der Waals surface area contributed by atoms with Crippen LogP contribution >= 0.6 is 11.6 Å². The molecule has 1 fully saturated rings. The van der Waals surface area contributed by atoms with E-state index in [-0.39, 0.29) is 18.6 Å². The lowest BCUT2D eigenvalue weighted by atomic mass is 10.2. The van der Waals surface area contributed by atoms with Crippen molar-refractivity contribution in [2.45, 2.75) is 25.9 Å². The number of anilines is 1. The summed E-state index contributed by atoms with van der Waals surface area (Å²) in [5, 5.41) is 7.84. The van der Waals surface area contributed by atoms with Gasteiger partial charge >= 0.3 is 0 Å². The highest BCUT2D eigenvalue weighted by Crippen LogP contribution is 2.20. The van der Waals surface area contributed by atoms with Crippen molar-refractivity contribution in [3.63, 3.8) is 0 Å². The molecule has 1 amide bonds. The number of rotatable bonds is 6. The zero-order valence-electron chi connectivity index (χ0n) is 13.5. The molecule has 24 heavy (non-hydrogen) atoms. The Morgan fingerprint density at radius 2 is 2.38 bits per heavy atom. The minimum atomic E-state index is -0.226. The van der Waals surface area contributed by atoms with Gasteiger partial charge in [0.1, 0.15) is 12.4 Å². The molecule has 1 aliphatic heterocycles.